The van der Waals surface area contributed by atoms with Gasteiger partial charge in [0.25, 0.3) is 11.8 Å². The van der Waals surface area contributed by atoms with Crippen molar-refractivity contribution in [1.82, 2.24) is 20.2 Å². The maximum Gasteiger partial charge on any atom is 0.352 e. The average Bonchev–Trinajstić information content (AvgIpc) is 3.61. The van der Waals surface area contributed by atoms with Crippen molar-refractivity contribution in [2.75, 3.05) is 11.5 Å². The number of thioether (sulfide) groups is 1. The van der Waals surface area contributed by atoms with Crippen LogP contribution in [0, 0.1) is 6.92 Å². The highest BCUT2D eigenvalue weighted by molar-refractivity contribution is 8.00. The lowest BCUT2D eigenvalue weighted by Gasteiger charge is -2.49. The molecule has 1 saturated heterocycles. The maximum absolute atomic E-state index is 14.2. The molecule has 2 atom stereocenters. The molecule has 52 heavy (non-hydrogen) atoms. The number of amides is 2. The Hall–Kier alpha value is -6.05. The Morgan fingerprint density at radius 1 is 0.962 bits per heavy atom. The zero-order valence-electron chi connectivity index (χ0n) is 27.7. The number of hydrogen-bond donors (Lipinski definition) is 3. The summed E-state index contributed by atoms with van der Waals surface area (Å²) in [5.74, 6) is -2.22. The number of pyridine rings is 1. The number of thiazole rings is 1. The fourth-order valence-corrected chi connectivity index (χ4v) is 8.10. The first-order chi connectivity index (χ1) is 25.3. The Kier molecular flexibility index (Phi) is 9.70. The highest BCUT2D eigenvalue weighted by atomic mass is 32.2. The second-order valence-electron chi connectivity index (χ2n) is 11.9. The smallest absolute Gasteiger partial charge is 0.352 e. The number of β-lactam (4-membered cyclic amide) rings is 1. The van der Waals surface area contributed by atoms with Gasteiger partial charge < -0.3 is 21.0 Å². The molecule has 4 N–H and O–H groups in total. The number of benzene rings is 3. The third kappa shape index (κ3) is 6.47. The third-order valence-corrected chi connectivity index (χ3v) is 10.8. The highest BCUT2D eigenvalue weighted by Crippen LogP contribution is 2.42. The fraction of sp³-hybridized carbons (Fsp3) is 0.128. The van der Waals surface area contributed by atoms with Crippen molar-refractivity contribution in [3.8, 4) is 0 Å². The van der Waals surface area contributed by atoms with Crippen molar-refractivity contribution in [1.29, 1.82) is 0 Å². The molecule has 0 aliphatic carbocycles. The molecule has 0 unspecified atom stereocenters. The molecule has 1 fully saturated rings. The Balaban J connectivity index is 1.22. The Morgan fingerprint density at radius 2 is 1.58 bits per heavy atom. The zero-order valence-corrected chi connectivity index (χ0v) is 29.4. The molecule has 0 spiro atoms. The molecule has 11 nitrogen and oxygen atoms in total. The van der Waals surface area contributed by atoms with E-state index < -0.39 is 34.8 Å². The normalized spacial score (nSPS) is 17.4. The average molecular weight is 729 g/mol. The van der Waals surface area contributed by atoms with Crippen molar-refractivity contribution in [3.63, 3.8) is 0 Å². The van der Waals surface area contributed by atoms with Crippen molar-refractivity contribution in [2.24, 2.45) is 5.16 Å². The molecule has 0 radical (unpaired) electrons. The van der Waals surface area contributed by atoms with E-state index in [0.717, 1.165) is 39.3 Å². The fourth-order valence-electron chi connectivity index (χ4n) is 6.24. The molecule has 260 valence electrons. The first kappa shape index (κ1) is 34.4. The number of anilines is 1. The molecule has 5 aromatic rings. The minimum absolute atomic E-state index is 0.125. The number of nitrogens with two attached hydrogens (primary N) is 1. The number of carboxylic acids is 1. The van der Waals surface area contributed by atoms with Gasteiger partial charge in [-0.15, -0.1) is 23.1 Å². The number of carbonyl (C=O) groups is 3. The van der Waals surface area contributed by atoms with Gasteiger partial charge in [-0.05, 0) is 24.1 Å². The number of aryl methyl sites for hydroxylation is 1. The van der Waals surface area contributed by atoms with Crippen molar-refractivity contribution in [3.05, 3.63) is 166 Å². The summed E-state index contributed by atoms with van der Waals surface area (Å²) in [7, 11) is 0. The number of hydrogen-bond acceptors (Lipinski definition) is 10. The van der Waals surface area contributed by atoms with Crippen LogP contribution in [0.4, 0.5) is 5.13 Å². The molecule has 0 saturated carbocycles. The standard InChI is InChI=1S/C39H32N6O5S2/c1-24-25(12-11-21-41-24)19-20-26-22-51-36-32(35(47)45(36)33(26)37(48)49)43-34(46)31(30-23-52-38(40)42-30)44-50-39(27-13-5-2-6-14-27,28-15-7-3-8-16-28)29-17-9-4-10-18-29/h2-21,23,32,36H,22H2,1H3,(H2,40,42)(H,43,46)(H,48,49)/b20-19-,44-31?/t32-,36-/m1/s1. The van der Waals surface area contributed by atoms with Crippen LogP contribution in [-0.2, 0) is 24.8 Å². The van der Waals surface area contributed by atoms with Crippen molar-refractivity contribution < 1.29 is 24.3 Å². The molecular formula is C39H32N6O5S2. The molecule has 2 aliphatic rings. The van der Waals surface area contributed by atoms with Crippen LogP contribution in [-0.4, -0.2) is 60.6 Å². The van der Waals surface area contributed by atoms with Gasteiger partial charge in [0.15, 0.2) is 10.8 Å². The number of allylic oxidation sites excluding steroid dienone is 1. The van der Waals surface area contributed by atoms with Gasteiger partial charge in [0.2, 0.25) is 5.60 Å². The zero-order chi connectivity index (χ0) is 36.2. The SMILES string of the molecule is Cc1ncccc1/C=C\C1=C(C(=O)O)N2C(=O)[C@@H](NC(=O)C(=NOC(c3ccccc3)(c3ccccc3)c3ccccc3)c3csc(N)n3)[C@H]2SC1. The first-order valence-electron chi connectivity index (χ1n) is 16.2. The van der Waals surface area contributed by atoms with Gasteiger partial charge in [0.05, 0.1) is 0 Å². The number of fused-ring (bicyclic) bond motifs is 1. The lowest BCUT2D eigenvalue weighted by atomic mass is 9.80. The summed E-state index contributed by atoms with van der Waals surface area (Å²) < 4.78 is 0. The highest BCUT2D eigenvalue weighted by Gasteiger charge is 2.54. The van der Waals surface area contributed by atoms with Crippen LogP contribution < -0.4 is 11.1 Å². The number of aliphatic carboxylic acids is 1. The summed E-state index contributed by atoms with van der Waals surface area (Å²) in [6, 6.07) is 31.3. The summed E-state index contributed by atoms with van der Waals surface area (Å²) in [5.41, 5.74) is 8.91. The number of nitrogens with zero attached hydrogens (tertiary/aromatic N) is 4. The van der Waals surface area contributed by atoms with Crippen LogP contribution in [0.3, 0.4) is 0 Å². The van der Waals surface area contributed by atoms with Crippen LogP contribution >= 0.6 is 23.1 Å². The Labute approximate surface area is 307 Å². The number of aromatic nitrogens is 2. The predicted molar refractivity (Wildman–Crippen MR) is 201 cm³/mol. The van der Waals surface area contributed by atoms with Crippen LogP contribution in [0.15, 0.2) is 137 Å². The monoisotopic (exact) mass is 728 g/mol. The minimum Gasteiger partial charge on any atom is -0.477 e. The lowest BCUT2D eigenvalue weighted by Crippen LogP contribution is -2.71. The topological polar surface area (TPSA) is 160 Å². The molecular weight excluding hydrogens is 697 g/mol. The van der Waals surface area contributed by atoms with E-state index in [9.17, 15) is 19.5 Å². The number of rotatable bonds is 11. The van der Waals surface area contributed by atoms with E-state index in [1.54, 1.807) is 29.8 Å². The second kappa shape index (κ2) is 14.7. The molecule has 2 amide bonds. The number of carbonyl (C=O) groups excluding carboxylic acids is 2. The van der Waals surface area contributed by atoms with Gasteiger partial charge in [0, 0.05) is 39.7 Å². The van der Waals surface area contributed by atoms with E-state index in [1.165, 1.54) is 16.7 Å². The van der Waals surface area contributed by atoms with Gasteiger partial charge >= 0.3 is 5.97 Å². The summed E-state index contributed by atoms with van der Waals surface area (Å²) in [4.78, 5) is 56.7. The second-order valence-corrected chi connectivity index (χ2v) is 13.9. The number of oxime groups is 1. The maximum atomic E-state index is 14.2. The number of nitrogens with one attached hydrogen (secondary N) is 1. The first-order valence-corrected chi connectivity index (χ1v) is 18.2. The van der Waals surface area contributed by atoms with E-state index in [-0.39, 0.29) is 22.2 Å². The summed E-state index contributed by atoms with van der Waals surface area (Å²) in [6.07, 6.45) is 5.16. The molecule has 7 rings (SSSR count). The molecule has 13 heteroatoms. The molecule has 2 aliphatic heterocycles. The molecule has 0 bridgehead atoms. The minimum atomic E-state index is -1.29. The van der Waals surface area contributed by atoms with E-state index in [1.807, 2.05) is 104 Å². The summed E-state index contributed by atoms with van der Waals surface area (Å²) in [6.45, 7) is 1.86. The van der Waals surface area contributed by atoms with Crippen LogP contribution in [0.25, 0.3) is 6.08 Å². The van der Waals surface area contributed by atoms with Crippen LogP contribution in [0.2, 0.25) is 0 Å². The molecule has 3 aromatic carbocycles. The van der Waals surface area contributed by atoms with Gasteiger partial charge in [-0.2, -0.15) is 0 Å². The summed E-state index contributed by atoms with van der Waals surface area (Å²) in [5, 5.41) is 18.6. The van der Waals surface area contributed by atoms with Gasteiger partial charge in [0.1, 0.15) is 22.8 Å². The third-order valence-electron chi connectivity index (χ3n) is 8.79. The van der Waals surface area contributed by atoms with Crippen molar-refractivity contribution in [2.45, 2.75) is 23.9 Å². The Bertz CT molecular complexity index is 2130. The quantitative estimate of drug-likeness (QED) is 0.0682. The van der Waals surface area contributed by atoms with E-state index in [2.05, 4.69) is 20.4 Å². The summed E-state index contributed by atoms with van der Waals surface area (Å²) >= 11 is 2.48. The van der Waals surface area contributed by atoms with Crippen LogP contribution in [0.5, 0.6) is 0 Å². The van der Waals surface area contributed by atoms with Crippen molar-refractivity contribution >= 4 is 57.8 Å². The molecule has 2 aromatic heterocycles. The van der Waals surface area contributed by atoms with Gasteiger partial charge in [-0.3, -0.25) is 19.5 Å². The van der Waals surface area contributed by atoms with E-state index in [0.29, 0.717) is 11.3 Å². The van der Waals surface area contributed by atoms with Gasteiger partial charge in [-0.25, -0.2) is 9.78 Å². The lowest BCUT2D eigenvalue weighted by molar-refractivity contribution is -0.150. The van der Waals surface area contributed by atoms with E-state index >= 15 is 0 Å². The number of nitrogen functional groups attached to an aromatic ring is 1. The van der Waals surface area contributed by atoms with Gasteiger partial charge in [-0.1, -0.05) is 114 Å². The molecule has 4 heterocycles. The number of carboxylic acid groups (broad SMARTS) is 1. The van der Waals surface area contributed by atoms with E-state index in [4.69, 9.17) is 10.6 Å². The predicted octanol–water partition coefficient (Wildman–Crippen LogP) is 5.59. The Morgan fingerprint density at radius 3 is 2.12 bits per heavy atom. The van der Waals surface area contributed by atoms with Crippen LogP contribution in [0.1, 0.15) is 33.6 Å². The largest absolute Gasteiger partial charge is 0.477 e.